The average molecular weight is 361 g/mol. The van der Waals surface area contributed by atoms with Crippen LogP contribution in [-0.2, 0) is 17.6 Å². The molecule has 3 aromatic rings. The maximum atomic E-state index is 12.4. The van der Waals surface area contributed by atoms with E-state index in [1.807, 2.05) is 12.3 Å². The van der Waals surface area contributed by atoms with Gasteiger partial charge in [-0.1, -0.05) is 42.5 Å². The number of nitrogens with one attached hydrogen (secondary N) is 2. The Labute approximate surface area is 160 Å². The Bertz CT molecular complexity index is 930. The van der Waals surface area contributed by atoms with Crippen molar-refractivity contribution in [1.29, 1.82) is 0 Å². The molecule has 1 aromatic heterocycles. The van der Waals surface area contributed by atoms with Gasteiger partial charge in [0, 0.05) is 29.7 Å². The van der Waals surface area contributed by atoms with Gasteiger partial charge in [0.2, 0.25) is 5.91 Å². The van der Waals surface area contributed by atoms with Crippen molar-refractivity contribution in [3.05, 3.63) is 71.4 Å². The number of fused-ring (bicyclic) bond motifs is 2. The van der Waals surface area contributed by atoms with E-state index < -0.39 is 0 Å². The van der Waals surface area contributed by atoms with E-state index in [4.69, 9.17) is 0 Å². The van der Waals surface area contributed by atoms with Crippen LogP contribution in [0.3, 0.4) is 0 Å². The molecule has 1 amide bonds. The van der Waals surface area contributed by atoms with Gasteiger partial charge in [-0.3, -0.25) is 9.69 Å². The third-order valence-corrected chi connectivity index (χ3v) is 5.65. The highest BCUT2D eigenvalue weighted by atomic mass is 16.2. The lowest BCUT2D eigenvalue weighted by molar-refractivity contribution is -0.122. The van der Waals surface area contributed by atoms with Gasteiger partial charge in [-0.05, 0) is 55.5 Å². The van der Waals surface area contributed by atoms with E-state index in [2.05, 4.69) is 64.7 Å². The third-order valence-electron chi connectivity index (χ3n) is 5.65. The lowest BCUT2D eigenvalue weighted by Crippen LogP contribution is -2.38. The molecule has 0 spiro atoms. The Morgan fingerprint density at radius 2 is 2.00 bits per heavy atom. The van der Waals surface area contributed by atoms with E-state index in [0.29, 0.717) is 19.1 Å². The number of benzene rings is 2. The van der Waals surface area contributed by atoms with Crippen LogP contribution in [0.2, 0.25) is 0 Å². The van der Waals surface area contributed by atoms with Crippen LogP contribution in [0.15, 0.2) is 54.7 Å². The van der Waals surface area contributed by atoms with E-state index in [9.17, 15) is 4.79 Å². The lowest BCUT2D eigenvalue weighted by atomic mass is 9.87. The highest BCUT2D eigenvalue weighted by molar-refractivity contribution is 5.83. The monoisotopic (exact) mass is 361 g/mol. The number of amides is 1. The maximum Gasteiger partial charge on any atom is 0.234 e. The van der Waals surface area contributed by atoms with Crippen molar-refractivity contribution in [2.24, 2.45) is 0 Å². The second-order valence-corrected chi connectivity index (χ2v) is 7.48. The number of para-hydroxylation sites is 1. The van der Waals surface area contributed by atoms with Gasteiger partial charge in [-0.2, -0.15) is 0 Å². The number of nitrogens with zero attached hydrogens (tertiary/aromatic N) is 1. The first kappa shape index (κ1) is 17.8. The zero-order valence-corrected chi connectivity index (χ0v) is 15.9. The highest BCUT2D eigenvalue weighted by Gasteiger charge is 2.24. The summed E-state index contributed by atoms with van der Waals surface area (Å²) in [5.41, 5.74) is 5.22. The van der Waals surface area contributed by atoms with E-state index in [-0.39, 0.29) is 5.91 Å². The Morgan fingerprint density at radius 1 is 1.19 bits per heavy atom. The second kappa shape index (κ2) is 7.97. The molecule has 0 unspecified atom stereocenters. The average Bonchev–Trinajstić information content (AvgIpc) is 3.11. The predicted molar refractivity (Wildman–Crippen MR) is 110 cm³/mol. The summed E-state index contributed by atoms with van der Waals surface area (Å²) in [6.45, 7) is 1.10. The molecule has 1 heterocycles. The number of H-pyrrole nitrogens is 1. The van der Waals surface area contributed by atoms with Crippen molar-refractivity contribution in [2.45, 2.75) is 31.7 Å². The predicted octanol–water partition coefficient (Wildman–Crippen LogP) is 3.84. The molecule has 0 saturated heterocycles. The molecular formula is C23H27N3O. The molecule has 4 nitrogen and oxygen atoms in total. The number of hydrogen-bond acceptors (Lipinski definition) is 2. The van der Waals surface area contributed by atoms with Crippen LogP contribution < -0.4 is 5.32 Å². The summed E-state index contributed by atoms with van der Waals surface area (Å²) in [4.78, 5) is 17.9. The van der Waals surface area contributed by atoms with Gasteiger partial charge in [-0.15, -0.1) is 0 Å². The van der Waals surface area contributed by atoms with Crippen LogP contribution in [0.4, 0.5) is 0 Å². The molecule has 1 atom stereocenters. The minimum atomic E-state index is 0.0976. The van der Waals surface area contributed by atoms with Crippen LogP contribution in [-0.4, -0.2) is 35.9 Å². The zero-order chi connectivity index (χ0) is 18.6. The van der Waals surface area contributed by atoms with Crippen molar-refractivity contribution in [3.8, 4) is 0 Å². The maximum absolute atomic E-state index is 12.4. The first-order valence-electron chi connectivity index (χ1n) is 9.82. The van der Waals surface area contributed by atoms with Crippen molar-refractivity contribution < 1.29 is 4.79 Å². The van der Waals surface area contributed by atoms with E-state index in [0.717, 1.165) is 24.8 Å². The Balaban J connectivity index is 1.31. The summed E-state index contributed by atoms with van der Waals surface area (Å²) in [7, 11) is 2.06. The molecule has 1 aliphatic carbocycles. The molecule has 27 heavy (non-hydrogen) atoms. The van der Waals surface area contributed by atoms with Crippen LogP contribution >= 0.6 is 0 Å². The minimum Gasteiger partial charge on any atom is -0.361 e. The Morgan fingerprint density at radius 3 is 2.93 bits per heavy atom. The van der Waals surface area contributed by atoms with E-state index in [1.54, 1.807) is 0 Å². The number of carbonyl (C=O) groups is 1. The Kier molecular flexibility index (Phi) is 5.26. The van der Waals surface area contributed by atoms with Crippen molar-refractivity contribution in [2.75, 3.05) is 20.1 Å². The summed E-state index contributed by atoms with van der Waals surface area (Å²) >= 11 is 0. The molecule has 140 valence electrons. The van der Waals surface area contributed by atoms with Gasteiger partial charge in [0.25, 0.3) is 0 Å². The Hall–Kier alpha value is -2.59. The molecule has 0 fully saturated rings. The smallest absolute Gasteiger partial charge is 0.234 e. The van der Waals surface area contributed by atoms with Gasteiger partial charge in [-0.25, -0.2) is 0 Å². The van der Waals surface area contributed by atoms with Crippen molar-refractivity contribution in [3.63, 3.8) is 0 Å². The van der Waals surface area contributed by atoms with E-state index >= 15 is 0 Å². The van der Waals surface area contributed by atoms with Gasteiger partial charge in [0.1, 0.15) is 0 Å². The first-order valence-corrected chi connectivity index (χ1v) is 9.82. The molecule has 4 rings (SSSR count). The lowest BCUT2D eigenvalue weighted by Gasteiger charge is -2.32. The topological polar surface area (TPSA) is 48.1 Å². The molecule has 0 aliphatic heterocycles. The molecule has 0 bridgehead atoms. The van der Waals surface area contributed by atoms with Gasteiger partial charge >= 0.3 is 0 Å². The summed E-state index contributed by atoms with van der Waals surface area (Å²) in [6, 6.07) is 17.3. The quantitative estimate of drug-likeness (QED) is 0.701. The first-order chi connectivity index (χ1) is 13.2. The largest absolute Gasteiger partial charge is 0.361 e. The molecule has 0 radical (unpaired) electrons. The third kappa shape index (κ3) is 3.91. The fourth-order valence-electron chi connectivity index (χ4n) is 4.25. The van der Waals surface area contributed by atoms with Gasteiger partial charge in [0.05, 0.1) is 6.54 Å². The molecule has 1 aliphatic rings. The molecule has 0 saturated carbocycles. The molecule has 2 N–H and O–H groups in total. The van der Waals surface area contributed by atoms with Crippen molar-refractivity contribution >= 4 is 16.8 Å². The minimum absolute atomic E-state index is 0.0976. The number of likely N-dealkylation sites (N-methyl/N-ethyl adjacent to an activating group) is 1. The standard InChI is InChI=1S/C23H27N3O/c1-26(22-12-6-8-17-7-2-3-10-20(17)22)16-23(27)24-14-13-18-15-25-21-11-5-4-9-19(18)21/h2-5,7,9-11,15,22,25H,6,8,12-14,16H2,1H3,(H,24,27)/t22-/m1/s1. The summed E-state index contributed by atoms with van der Waals surface area (Å²) < 4.78 is 0. The van der Waals surface area contributed by atoms with Crippen LogP contribution in [0.25, 0.3) is 10.9 Å². The number of aryl methyl sites for hydroxylation is 1. The fraction of sp³-hybridized carbons (Fsp3) is 0.348. The number of hydrogen-bond donors (Lipinski definition) is 2. The highest BCUT2D eigenvalue weighted by Crippen LogP contribution is 2.33. The van der Waals surface area contributed by atoms with Gasteiger partial charge in [0.15, 0.2) is 0 Å². The summed E-state index contributed by atoms with van der Waals surface area (Å²) in [5, 5.41) is 4.32. The van der Waals surface area contributed by atoms with E-state index in [1.165, 1.54) is 28.5 Å². The number of rotatable bonds is 6. The summed E-state index contributed by atoms with van der Waals surface area (Å²) in [5.74, 6) is 0.0976. The number of aromatic nitrogens is 1. The van der Waals surface area contributed by atoms with Crippen LogP contribution in [0.5, 0.6) is 0 Å². The van der Waals surface area contributed by atoms with Crippen LogP contribution in [0, 0.1) is 0 Å². The molecule has 2 aromatic carbocycles. The normalized spacial score (nSPS) is 16.4. The SMILES string of the molecule is CN(CC(=O)NCCc1c[nH]c2ccccc12)[C@@H]1CCCc2ccccc21. The zero-order valence-electron chi connectivity index (χ0n) is 15.9. The number of aromatic amines is 1. The van der Waals surface area contributed by atoms with Gasteiger partial charge < -0.3 is 10.3 Å². The second-order valence-electron chi connectivity index (χ2n) is 7.48. The van der Waals surface area contributed by atoms with Crippen LogP contribution in [0.1, 0.15) is 35.6 Å². The molecule has 4 heteroatoms. The summed E-state index contributed by atoms with van der Waals surface area (Å²) in [6.07, 6.45) is 6.34. The molecular weight excluding hydrogens is 334 g/mol. The fourth-order valence-corrected chi connectivity index (χ4v) is 4.25. The van der Waals surface area contributed by atoms with Crippen molar-refractivity contribution in [1.82, 2.24) is 15.2 Å². The number of carbonyl (C=O) groups excluding carboxylic acids is 1.